The van der Waals surface area contributed by atoms with Crippen LogP contribution in [0.4, 0.5) is 4.39 Å². The van der Waals surface area contributed by atoms with Crippen LogP contribution in [-0.4, -0.2) is 34.5 Å². The number of benzene rings is 1. The van der Waals surface area contributed by atoms with Gasteiger partial charge in [-0.05, 0) is 37.1 Å². The van der Waals surface area contributed by atoms with E-state index in [1.54, 1.807) is 0 Å². The predicted molar refractivity (Wildman–Crippen MR) is 67.3 cm³/mol. The van der Waals surface area contributed by atoms with E-state index in [2.05, 4.69) is 0 Å². The SMILES string of the molecule is O=C(O)CN(C(=O)c1ccc(F)cc1)C1CCCC1. The van der Waals surface area contributed by atoms with Gasteiger partial charge in [-0.1, -0.05) is 12.8 Å². The van der Waals surface area contributed by atoms with E-state index in [4.69, 9.17) is 5.11 Å². The van der Waals surface area contributed by atoms with Crippen molar-refractivity contribution < 1.29 is 19.1 Å². The maximum Gasteiger partial charge on any atom is 0.323 e. The molecule has 0 radical (unpaired) electrons. The number of hydrogen-bond donors (Lipinski definition) is 1. The minimum Gasteiger partial charge on any atom is -0.480 e. The molecule has 0 heterocycles. The fraction of sp³-hybridized carbons (Fsp3) is 0.429. The van der Waals surface area contributed by atoms with Crippen molar-refractivity contribution in [2.75, 3.05) is 6.54 Å². The van der Waals surface area contributed by atoms with Crippen LogP contribution >= 0.6 is 0 Å². The summed E-state index contributed by atoms with van der Waals surface area (Å²) in [6, 6.07) is 5.18. The zero-order chi connectivity index (χ0) is 13.8. The smallest absolute Gasteiger partial charge is 0.323 e. The lowest BCUT2D eigenvalue weighted by Crippen LogP contribution is -2.42. The first-order valence-corrected chi connectivity index (χ1v) is 6.36. The number of halogens is 1. The summed E-state index contributed by atoms with van der Waals surface area (Å²) in [5.74, 6) is -1.78. The lowest BCUT2D eigenvalue weighted by molar-refractivity contribution is -0.138. The van der Waals surface area contributed by atoms with Gasteiger partial charge in [0.15, 0.2) is 0 Å². The number of amides is 1. The number of nitrogens with zero attached hydrogens (tertiary/aromatic N) is 1. The maximum absolute atomic E-state index is 12.8. The van der Waals surface area contributed by atoms with Crippen LogP contribution in [0.3, 0.4) is 0 Å². The van der Waals surface area contributed by atoms with Crippen LogP contribution in [0, 0.1) is 5.82 Å². The fourth-order valence-electron chi connectivity index (χ4n) is 2.49. The number of carbonyl (C=O) groups is 2. The molecule has 1 fully saturated rings. The average Bonchev–Trinajstić information content (AvgIpc) is 2.89. The van der Waals surface area contributed by atoms with E-state index >= 15 is 0 Å². The number of rotatable bonds is 4. The van der Waals surface area contributed by atoms with Crippen LogP contribution < -0.4 is 0 Å². The highest BCUT2D eigenvalue weighted by molar-refractivity contribution is 5.96. The van der Waals surface area contributed by atoms with Crippen molar-refractivity contribution in [1.29, 1.82) is 0 Å². The quantitative estimate of drug-likeness (QED) is 0.908. The van der Waals surface area contributed by atoms with Crippen molar-refractivity contribution in [2.24, 2.45) is 0 Å². The van der Waals surface area contributed by atoms with E-state index in [1.165, 1.54) is 29.2 Å². The summed E-state index contributed by atoms with van der Waals surface area (Å²) in [5.41, 5.74) is 0.328. The molecule has 1 aromatic carbocycles. The molecule has 102 valence electrons. The van der Waals surface area contributed by atoms with E-state index < -0.39 is 11.8 Å². The van der Waals surface area contributed by atoms with E-state index in [9.17, 15) is 14.0 Å². The first-order valence-electron chi connectivity index (χ1n) is 6.36. The molecule has 1 amide bonds. The first-order chi connectivity index (χ1) is 9.08. The Morgan fingerprint density at radius 2 is 1.79 bits per heavy atom. The van der Waals surface area contributed by atoms with Crippen molar-refractivity contribution in [1.82, 2.24) is 4.90 Å². The molecule has 1 aliphatic rings. The maximum atomic E-state index is 12.8. The third-order valence-electron chi connectivity index (χ3n) is 3.42. The highest BCUT2D eigenvalue weighted by atomic mass is 19.1. The molecule has 1 aliphatic carbocycles. The summed E-state index contributed by atoms with van der Waals surface area (Å²) in [5, 5.41) is 8.93. The van der Waals surface area contributed by atoms with Gasteiger partial charge in [-0.3, -0.25) is 9.59 Å². The number of hydrogen-bond acceptors (Lipinski definition) is 2. The van der Waals surface area contributed by atoms with Gasteiger partial charge in [0.05, 0.1) is 0 Å². The summed E-state index contributed by atoms with van der Waals surface area (Å²) >= 11 is 0. The second kappa shape index (κ2) is 5.82. The Hall–Kier alpha value is -1.91. The molecular weight excluding hydrogens is 249 g/mol. The predicted octanol–water partition coefficient (Wildman–Crippen LogP) is 2.30. The topological polar surface area (TPSA) is 57.6 Å². The third-order valence-corrected chi connectivity index (χ3v) is 3.42. The monoisotopic (exact) mass is 265 g/mol. The lowest BCUT2D eigenvalue weighted by Gasteiger charge is -2.27. The minimum absolute atomic E-state index is 0.0198. The molecule has 0 unspecified atom stereocenters. The molecule has 19 heavy (non-hydrogen) atoms. The number of carboxylic acid groups (broad SMARTS) is 1. The van der Waals surface area contributed by atoms with Crippen molar-refractivity contribution in [2.45, 2.75) is 31.7 Å². The molecule has 0 spiro atoms. The van der Waals surface area contributed by atoms with Gasteiger partial charge >= 0.3 is 5.97 Å². The number of aliphatic carboxylic acids is 1. The van der Waals surface area contributed by atoms with E-state index in [0.29, 0.717) is 5.56 Å². The van der Waals surface area contributed by atoms with Crippen LogP contribution in [0.15, 0.2) is 24.3 Å². The van der Waals surface area contributed by atoms with Gasteiger partial charge in [0, 0.05) is 11.6 Å². The third kappa shape index (κ3) is 3.30. The van der Waals surface area contributed by atoms with Crippen LogP contribution in [0.25, 0.3) is 0 Å². The molecule has 1 aromatic rings. The normalized spacial score (nSPS) is 15.4. The van der Waals surface area contributed by atoms with Crippen LogP contribution in [0.5, 0.6) is 0 Å². The fourth-order valence-corrected chi connectivity index (χ4v) is 2.49. The molecule has 5 heteroatoms. The van der Waals surface area contributed by atoms with Gasteiger partial charge in [0.2, 0.25) is 0 Å². The summed E-state index contributed by atoms with van der Waals surface area (Å²) < 4.78 is 12.8. The van der Waals surface area contributed by atoms with Crippen molar-refractivity contribution in [3.8, 4) is 0 Å². The molecule has 0 atom stereocenters. The molecular formula is C14H16FNO3. The van der Waals surface area contributed by atoms with Crippen molar-refractivity contribution in [3.05, 3.63) is 35.6 Å². The zero-order valence-corrected chi connectivity index (χ0v) is 10.5. The van der Waals surface area contributed by atoms with Gasteiger partial charge < -0.3 is 10.0 Å². The van der Waals surface area contributed by atoms with Gasteiger partial charge in [0.1, 0.15) is 12.4 Å². The second-order valence-corrected chi connectivity index (χ2v) is 4.77. The van der Waals surface area contributed by atoms with E-state index in [0.717, 1.165) is 25.7 Å². The molecule has 0 saturated heterocycles. The summed E-state index contributed by atoms with van der Waals surface area (Å²) in [4.78, 5) is 24.6. The van der Waals surface area contributed by atoms with Gasteiger partial charge in [-0.25, -0.2) is 4.39 Å². The van der Waals surface area contributed by atoms with Gasteiger partial charge in [0.25, 0.3) is 5.91 Å². The molecule has 1 N–H and O–H groups in total. The minimum atomic E-state index is -1.03. The van der Waals surface area contributed by atoms with Gasteiger partial charge in [-0.2, -0.15) is 0 Å². The Kier molecular flexibility index (Phi) is 4.14. The molecule has 0 bridgehead atoms. The van der Waals surface area contributed by atoms with Gasteiger partial charge in [-0.15, -0.1) is 0 Å². The molecule has 0 aliphatic heterocycles. The highest BCUT2D eigenvalue weighted by Crippen LogP contribution is 2.24. The van der Waals surface area contributed by atoms with Crippen molar-refractivity contribution in [3.63, 3.8) is 0 Å². The average molecular weight is 265 g/mol. The molecule has 2 rings (SSSR count). The summed E-state index contributed by atoms with van der Waals surface area (Å²) in [6.07, 6.45) is 3.69. The Labute approximate surface area is 110 Å². The van der Waals surface area contributed by atoms with E-state index in [-0.39, 0.29) is 18.5 Å². The van der Waals surface area contributed by atoms with Crippen LogP contribution in [-0.2, 0) is 4.79 Å². The van der Waals surface area contributed by atoms with E-state index in [1.807, 2.05) is 0 Å². The Balaban J connectivity index is 2.18. The highest BCUT2D eigenvalue weighted by Gasteiger charge is 2.28. The molecule has 1 saturated carbocycles. The molecule has 4 nitrogen and oxygen atoms in total. The Morgan fingerprint density at radius 3 is 2.32 bits per heavy atom. The number of carbonyl (C=O) groups excluding carboxylic acids is 1. The standard InChI is InChI=1S/C14H16FNO3/c15-11-7-5-10(6-8-11)14(19)16(9-13(17)18)12-3-1-2-4-12/h5-8,12H,1-4,9H2,(H,17,18). The Bertz CT molecular complexity index is 466. The first kappa shape index (κ1) is 13.5. The Morgan fingerprint density at radius 1 is 1.21 bits per heavy atom. The lowest BCUT2D eigenvalue weighted by atomic mass is 10.1. The molecule has 0 aromatic heterocycles. The van der Waals surface area contributed by atoms with Crippen LogP contribution in [0.2, 0.25) is 0 Å². The largest absolute Gasteiger partial charge is 0.480 e. The van der Waals surface area contributed by atoms with Crippen LogP contribution in [0.1, 0.15) is 36.0 Å². The summed E-state index contributed by atoms with van der Waals surface area (Å²) in [7, 11) is 0. The second-order valence-electron chi connectivity index (χ2n) is 4.77. The zero-order valence-electron chi connectivity index (χ0n) is 10.5. The number of carboxylic acids is 1. The summed E-state index contributed by atoms with van der Waals surface area (Å²) in [6.45, 7) is -0.305. The van der Waals surface area contributed by atoms with Crippen molar-refractivity contribution >= 4 is 11.9 Å².